The minimum absolute atomic E-state index is 0.128. The van der Waals surface area contributed by atoms with E-state index in [1.54, 1.807) is 36.1 Å². The summed E-state index contributed by atoms with van der Waals surface area (Å²) in [6.07, 6.45) is 0. The second-order valence-electron chi connectivity index (χ2n) is 7.06. The van der Waals surface area contributed by atoms with Crippen molar-refractivity contribution < 1.29 is 28.7 Å². The van der Waals surface area contributed by atoms with Crippen LogP contribution in [-0.4, -0.2) is 68.7 Å². The van der Waals surface area contributed by atoms with Crippen molar-refractivity contribution in [2.45, 2.75) is 6.92 Å². The molecule has 10 nitrogen and oxygen atoms in total. The fraction of sp³-hybridized carbons (Fsp3) is 0.364. The molecule has 0 saturated carbocycles. The molecule has 1 amide bonds. The van der Waals surface area contributed by atoms with Crippen molar-refractivity contribution in [1.82, 2.24) is 4.90 Å². The number of benzene rings is 2. The topological polar surface area (TPSA) is 111 Å². The van der Waals surface area contributed by atoms with Crippen LogP contribution in [-0.2, 0) is 4.74 Å². The predicted octanol–water partition coefficient (Wildman–Crippen LogP) is 2.75. The summed E-state index contributed by atoms with van der Waals surface area (Å²) in [5.41, 5.74) is 0.800. The summed E-state index contributed by atoms with van der Waals surface area (Å²) in [5, 5.41) is 11.6. The zero-order valence-corrected chi connectivity index (χ0v) is 18.2. The van der Waals surface area contributed by atoms with Crippen LogP contribution >= 0.6 is 0 Å². The Balaban J connectivity index is 1.75. The number of esters is 1. The highest BCUT2D eigenvalue weighted by atomic mass is 16.6. The Kier molecular flexibility index (Phi) is 7.14. The maximum Gasteiger partial charge on any atom is 0.338 e. The average Bonchev–Trinajstić information content (AvgIpc) is 2.83. The van der Waals surface area contributed by atoms with E-state index in [4.69, 9.17) is 14.2 Å². The molecule has 0 N–H and O–H groups in total. The van der Waals surface area contributed by atoms with Gasteiger partial charge in [-0.25, -0.2) is 4.79 Å². The number of rotatable bonds is 7. The van der Waals surface area contributed by atoms with E-state index in [0.29, 0.717) is 48.9 Å². The van der Waals surface area contributed by atoms with Gasteiger partial charge in [0.25, 0.3) is 11.6 Å². The van der Waals surface area contributed by atoms with Gasteiger partial charge in [-0.1, -0.05) is 0 Å². The highest BCUT2D eigenvalue weighted by Crippen LogP contribution is 2.31. The lowest BCUT2D eigenvalue weighted by Crippen LogP contribution is -2.49. The third-order valence-electron chi connectivity index (χ3n) is 5.19. The van der Waals surface area contributed by atoms with Crippen molar-refractivity contribution in [3.8, 4) is 11.5 Å². The number of nitro groups is 1. The molecule has 3 rings (SSSR count). The first-order valence-corrected chi connectivity index (χ1v) is 10.1. The summed E-state index contributed by atoms with van der Waals surface area (Å²) in [6.45, 7) is 3.44. The summed E-state index contributed by atoms with van der Waals surface area (Å²) < 4.78 is 15.4. The zero-order valence-electron chi connectivity index (χ0n) is 18.2. The van der Waals surface area contributed by atoms with Gasteiger partial charge in [0.15, 0.2) is 0 Å². The summed E-state index contributed by atoms with van der Waals surface area (Å²) >= 11 is 0. The van der Waals surface area contributed by atoms with Crippen molar-refractivity contribution >= 4 is 23.3 Å². The molecule has 2 aromatic rings. The van der Waals surface area contributed by atoms with Crippen LogP contribution in [0.25, 0.3) is 0 Å². The van der Waals surface area contributed by atoms with E-state index in [2.05, 4.69) is 0 Å². The summed E-state index contributed by atoms with van der Waals surface area (Å²) in [6, 6.07) is 9.28. The molecular formula is C22H25N3O7. The SMILES string of the molecule is CCOC(=O)c1ccc(N2CCN(C(=O)c3cc(OC)cc(OC)c3)CC2)c([N+](=O)[O-])c1. The van der Waals surface area contributed by atoms with E-state index in [1.165, 1.54) is 26.4 Å². The van der Waals surface area contributed by atoms with Crippen LogP contribution in [0.3, 0.4) is 0 Å². The van der Waals surface area contributed by atoms with Gasteiger partial charge < -0.3 is 24.0 Å². The molecule has 0 unspecified atom stereocenters. The number of hydrogen-bond acceptors (Lipinski definition) is 8. The number of piperazine rings is 1. The fourth-order valence-electron chi connectivity index (χ4n) is 3.54. The first-order chi connectivity index (χ1) is 15.4. The van der Waals surface area contributed by atoms with Gasteiger partial charge in [0, 0.05) is 43.9 Å². The lowest BCUT2D eigenvalue weighted by Gasteiger charge is -2.36. The van der Waals surface area contributed by atoms with Crippen LogP contribution in [0.5, 0.6) is 11.5 Å². The van der Waals surface area contributed by atoms with E-state index in [9.17, 15) is 19.7 Å². The third kappa shape index (κ3) is 4.90. The maximum absolute atomic E-state index is 13.0. The van der Waals surface area contributed by atoms with Gasteiger partial charge in [-0.3, -0.25) is 14.9 Å². The van der Waals surface area contributed by atoms with Gasteiger partial charge in [0.05, 0.1) is 31.3 Å². The average molecular weight is 443 g/mol. The molecule has 0 bridgehead atoms. The van der Waals surface area contributed by atoms with Crippen LogP contribution in [0.1, 0.15) is 27.6 Å². The van der Waals surface area contributed by atoms with Crippen LogP contribution in [0.15, 0.2) is 36.4 Å². The number of carbonyl (C=O) groups excluding carboxylic acids is 2. The molecule has 1 fully saturated rings. The van der Waals surface area contributed by atoms with Gasteiger partial charge in [-0.15, -0.1) is 0 Å². The summed E-state index contributed by atoms with van der Waals surface area (Å²) in [7, 11) is 3.03. The number of nitrogens with zero attached hydrogens (tertiary/aromatic N) is 3. The highest BCUT2D eigenvalue weighted by Gasteiger charge is 2.28. The molecule has 10 heteroatoms. The molecule has 0 radical (unpaired) electrons. The molecule has 0 aromatic heterocycles. The van der Waals surface area contributed by atoms with E-state index in [1.807, 2.05) is 4.90 Å². The predicted molar refractivity (Wildman–Crippen MR) is 117 cm³/mol. The summed E-state index contributed by atoms with van der Waals surface area (Å²) in [4.78, 5) is 39.5. The Morgan fingerprint density at radius 3 is 2.12 bits per heavy atom. The van der Waals surface area contributed by atoms with Gasteiger partial charge >= 0.3 is 5.97 Å². The lowest BCUT2D eigenvalue weighted by molar-refractivity contribution is -0.384. The number of amides is 1. The number of anilines is 1. The monoisotopic (exact) mass is 443 g/mol. The molecule has 0 aliphatic carbocycles. The molecule has 0 atom stereocenters. The van der Waals surface area contributed by atoms with Crippen LogP contribution < -0.4 is 14.4 Å². The van der Waals surface area contributed by atoms with Gasteiger partial charge in [0.2, 0.25) is 0 Å². The fourth-order valence-corrected chi connectivity index (χ4v) is 3.54. The Morgan fingerprint density at radius 1 is 0.969 bits per heavy atom. The molecule has 0 spiro atoms. The molecule has 170 valence electrons. The minimum Gasteiger partial charge on any atom is -0.497 e. The van der Waals surface area contributed by atoms with Crippen LogP contribution in [0.2, 0.25) is 0 Å². The van der Waals surface area contributed by atoms with Gasteiger partial charge in [-0.2, -0.15) is 0 Å². The van der Waals surface area contributed by atoms with E-state index < -0.39 is 10.9 Å². The van der Waals surface area contributed by atoms with Crippen molar-refractivity contribution in [1.29, 1.82) is 0 Å². The van der Waals surface area contributed by atoms with Crippen molar-refractivity contribution in [2.24, 2.45) is 0 Å². The number of hydrogen-bond donors (Lipinski definition) is 0. The highest BCUT2D eigenvalue weighted by molar-refractivity contribution is 5.95. The smallest absolute Gasteiger partial charge is 0.338 e. The van der Waals surface area contributed by atoms with Crippen molar-refractivity contribution in [3.05, 3.63) is 57.6 Å². The van der Waals surface area contributed by atoms with Crippen LogP contribution in [0.4, 0.5) is 11.4 Å². The zero-order chi connectivity index (χ0) is 23.3. The van der Waals surface area contributed by atoms with E-state index in [0.717, 1.165) is 0 Å². The minimum atomic E-state index is -0.605. The second kappa shape index (κ2) is 9.99. The summed E-state index contributed by atoms with van der Waals surface area (Å²) in [5.74, 6) is 0.257. The largest absolute Gasteiger partial charge is 0.497 e. The Labute approximate surface area is 185 Å². The number of ether oxygens (including phenoxy) is 3. The third-order valence-corrected chi connectivity index (χ3v) is 5.19. The van der Waals surface area contributed by atoms with E-state index >= 15 is 0 Å². The van der Waals surface area contributed by atoms with E-state index in [-0.39, 0.29) is 23.8 Å². The first kappa shape index (κ1) is 22.9. The molecular weight excluding hydrogens is 418 g/mol. The normalized spacial score (nSPS) is 13.5. The maximum atomic E-state index is 13.0. The number of nitro benzene ring substituents is 1. The van der Waals surface area contributed by atoms with Crippen molar-refractivity contribution in [3.63, 3.8) is 0 Å². The Morgan fingerprint density at radius 2 is 1.59 bits per heavy atom. The van der Waals surface area contributed by atoms with Gasteiger partial charge in [-0.05, 0) is 31.2 Å². The molecule has 1 heterocycles. The lowest BCUT2D eigenvalue weighted by atomic mass is 10.1. The standard InChI is InChI=1S/C22H25N3O7/c1-4-32-22(27)15-5-6-19(20(13-15)25(28)29)23-7-9-24(10-8-23)21(26)16-11-17(30-2)14-18(12-16)31-3/h5-6,11-14H,4,7-10H2,1-3H3. The van der Waals surface area contributed by atoms with Crippen molar-refractivity contribution in [2.75, 3.05) is 51.9 Å². The number of methoxy groups -OCH3 is 2. The number of carbonyl (C=O) groups is 2. The van der Waals surface area contributed by atoms with Crippen LogP contribution in [0, 0.1) is 10.1 Å². The first-order valence-electron chi connectivity index (χ1n) is 10.1. The Bertz CT molecular complexity index is 994. The second-order valence-corrected chi connectivity index (χ2v) is 7.06. The Hall–Kier alpha value is -3.82. The molecule has 32 heavy (non-hydrogen) atoms. The molecule has 1 saturated heterocycles. The van der Waals surface area contributed by atoms with Gasteiger partial charge in [0.1, 0.15) is 17.2 Å². The molecule has 1 aliphatic rings. The quantitative estimate of drug-likeness (QED) is 0.365. The molecule has 1 aliphatic heterocycles. The molecule has 2 aromatic carbocycles.